The molecule has 2 nitrogen and oxygen atoms in total. The summed E-state index contributed by atoms with van der Waals surface area (Å²) in [6.45, 7) is 0. The fourth-order valence-corrected chi connectivity index (χ4v) is 3.53. The van der Waals surface area contributed by atoms with E-state index in [0.717, 1.165) is 17.9 Å². The lowest BCUT2D eigenvalue weighted by atomic mass is 10.2. The van der Waals surface area contributed by atoms with Gasteiger partial charge in [0.05, 0.1) is 9.77 Å². The molecule has 1 heterocycles. The minimum absolute atomic E-state index is 0.355. The van der Waals surface area contributed by atoms with Crippen LogP contribution < -0.4 is 0 Å². The number of hydrogen-bond donors (Lipinski definition) is 2. The van der Waals surface area contributed by atoms with Crippen molar-refractivity contribution in [1.82, 2.24) is 0 Å². The van der Waals surface area contributed by atoms with E-state index >= 15 is 0 Å². The molecule has 0 radical (unpaired) electrons. The lowest BCUT2D eigenvalue weighted by Crippen LogP contribution is -1.98. The summed E-state index contributed by atoms with van der Waals surface area (Å²) in [6.07, 6.45) is 0. The second-order valence-electron chi connectivity index (χ2n) is 2.74. The van der Waals surface area contributed by atoms with Crippen molar-refractivity contribution in [3.05, 3.63) is 27.3 Å². The van der Waals surface area contributed by atoms with Crippen LogP contribution >= 0.6 is 46.6 Å². The van der Waals surface area contributed by atoms with Gasteiger partial charge < -0.3 is 5.11 Å². The van der Waals surface area contributed by atoms with Crippen molar-refractivity contribution >= 4 is 62.6 Å². The summed E-state index contributed by atoms with van der Waals surface area (Å²) in [4.78, 5) is 10.9. The number of fused-ring (bicyclic) bond motifs is 1. The van der Waals surface area contributed by atoms with Crippen molar-refractivity contribution in [2.24, 2.45) is 0 Å². The Morgan fingerprint density at radius 1 is 1.50 bits per heavy atom. The highest BCUT2D eigenvalue weighted by atomic mass is 127. The third-order valence-electron chi connectivity index (χ3n) is 1.84. The van der Waals surface area contributed by atoms with Crippen molar-refractivity contribution < 1.29 is 9.90 Å². The lowest BCUT2D eigenvalue weighted by molar-refractivity contribution is 0.0696. The number of thiophene rings is 1. The largest absolute Gasteiger partial charge is 0.478 e. The summed E-state index contributed by atoms with van der Waals surface area (Å²) in [6, 6.07) is 5.39. The van der Waals surface area contributed by atoms with Gasteiger partial charge >= 0.3 is 5.97 Å². The quantitative estimate of drug-likeness (QED) is 0.618. The molecular weight excluding hydrogens is 331 g/mol. The van der Waals surface area contributed by atoms with Gasteiger partial charge in [0, 0.05) is 8.27 Å². The number of halogens is 1. The zero-order chi connectivity index (χ0) is 10.3. The maximum atomic E-state index is 10.9. The molecular formula is C9H5IO2S2. The second-order valence-corrected chi connectivity index (χ2v) is 5.65. The second kappa shape index (κ2) is 3.71. The highest BCUT2D eigenvalue weighted by molar-refractivity contribution is 14.1. The van der Waals surface area contributed by atoms with Gasteiger partial charge in [-0.15, -0.1) is 24.0 Å². The summed E-state index contributed by atoms with van der Waals surface area (Å²) in [5.74, 6) is -0.884. The maximum absolute atomic E-state index is 10.9. The number of carboxylic acid groups (broad SMARTS) is 1. The van der Waals surface area contributed by atoms with Gasteiger partial charge in [0.25, 0.3) is 0 Å². The van der Waals surface area contributed by atoms with Gasteiger partial charge in [-0.25, -0.2) is 4.79 Å². The van der Waals surface area contributed by atoms with Crippen molar-refractivity contribution in [2.45, 2.75) is 4.21 Å². The van der Waals surface area contributed by atoms with Gasteiger partial charge in [-0.05, 0) is 40.1 Å². The Morgan fingerprint density at radius 2 is 2.21 bits per heavy atom. The molecule has 0 atom stereocenters. The van der Waals surface area contributed by atoms with Crippen molar-refractivity contribution in [1.29, 1.82) is 0 Å². The molecule has 5 heteroatoms. The molecule has 1 N–H and O–H groups in total. The molecule has 0 fully saturated rings. The number of aromatic carboxylic acids is 1. The summed E-state index contributed by atoms with van der Waals surface area (Å²) in [7, 11) is 0. The average Bonchev–Trinajstić information content (AvgIpc) is 2.46. The molecule has 0 aliphatic heterocycles. The van der Waals surface area contributed by atoms with Gasteiger partial charge in [0.1, 0.15) is 0 Å². The molecule has 0 aliphatic carbocycles. The monoisotopic (exact) mass is 336 g/mol. The van der Waals surface area contributed by atoms with E-state index in [0.29, 0.717) is 5.56 Å². The van der Waals surface area contributed by atoms with E-state index in [9.17, 15) is 4.79 Å². The Bertz CT molecular complexity index is 519. The van der Waals surface area contributed by atoms with Gasteiger partial charge in [-0.1, -0.05) is 6.07 Å². The predicted molar refractivity (Wildman–Crippen MR) is 68.8 cm³/mol. The smallest absolute Gasteiger partial charge is 0.336 e. The number of carbonyl (C=O) groups is 1. The van der Waals surface area contributed by atoms with E-state index in [-0.39, 0.29) is 0 Å². The normalized spacial score (nSPS) is 10.7. The molecule has 2 rings (SSSR count). The van der Waals surface area contributed by atoms with Crippen molar-refractivity contribution in [3.8, 4) is 0 Å². The number of rotatable bonds is 1. The lowest BCUT2D eigenvalue weighted by Gasteiger charge is -1.99. The molecule has 0 saturated heterocycles. The van der Waals surface area contributed by atoms with Crippen LogP contribution in [-0.2, 0) is 0 Å². The SMILES string of the molecule is O=C(O)c1ccc2cc(S)sc2c1I. The molecule has 0 spiro atoms. The zero-order valence-corrected chi connectivity index (χ0v) is 10.7. The van der Waals surface area contributed by atoms with Crippen LogP contribution in [0.15, 0.2) is 22.4 Å². The third-order valence-corrected chi connectivity index (χ3v) is 4.70. The molecule has 0 bridgehead atoms. The summed E-state index contributed by atoms with van der Waals surface area (Å²) in [5.41, 5.74) is 0.355. The van der Waals surface area contributed by atoms with Crippen LogP contribution in [-0.4, -0.2) is 11.1 Å². The molecule has 1 aromatic carbocycles. The van der Waals surface area contributed by atoms with Crippen LogP contribution in [0.1, 0.15) is 10.4 Å². The van der Waals surface area contributed by atoms with Crippen LogP contribution in [0.5, 0.6) is 0 Å². The van der Waals surface area contributed by atoms with E-state index in [1.54, 1.807) is 6.07 Å². The third kappa shape index (κ3) is 1.64. The number of thiol groups is 1. The van der Waals surface area contributed by atoms with E-state index in [4.69, 9.17) is 5.11 Å². The van der Waals surface area contributed by atoms with E-state index < -0.39 is 5.97 Å². The van der Waals surface area contributed by atoms with E-state index in [2.05, 4.69) is 35.2 Å². The minimum atomic E-state index is -0.884. The van der Waals surface area contributed by atoms with Gasteiger partial charge in [-0.3, -0.25) is 0 Å². The van der Waals surface area contributed by atoms with Crippen LogP contribution in [0.3, 0.4) is 0 Å². The molecule has 0 aliphatic rings. The molecule has 0 unspecified atom stereocenters. The first kappa shape index (κ1) is 10.3. The molecule has 1 aromatic heterocycles. The number of hydrogen-bond acceptors (Lipinski definition) is 3. The first-order valence-corrected chi connectivity index (χ1v) is 6.08. The molecule has 72 valence electrons. The highest BCUT2D eigenvalue weighted by Crippen LogP contribution is 2.33. The molecule has 0 amide bonds. The van der Waals surface area contributed by atoms with E-state index in [1.807, 2.05) is 12.1 Å². The van der Waals surface area contributed by atoms with Crippen LogP contribution in [0, 0.1) is 3.57 Å². The fourth-order valence-electron chi connectivity index (χ4n) is 1.22. The first-order valence-electron chi connectivity index (χ1n) is 3.74. The summed E-state index contributed by atoms with van der Waals surface area (Å²) in [5, 5.41) is 9.96. The maximum Gasteiger partial charge on any atom is 0.336 e. The zero-order valence-electron chi connectivity index (χ0n) is 6.82. The molecule has 14 heavy (non-hydrogen) atoms. The Hall–Kier alpha value is -0.270. The van der Waals surface area contributed by atoms with Gasteiger partial charge in [0.2, 0.25) is 0 Å². The summed E-state index contributed by atoms with van der Waals surface area (Å²) >= 11 is 7.81. The van der Waals surface area contributed by atoms with Gasteiger partial charge in [-0.2, -0.15) is 0 Å². The van der Waals surface area contributed by atoms with Crippen LogP contribution in [0.25, 0.3) is 10.1 Å². The Kier molecular flexibility index (Phi) is 2.72. The van der Waals surface area contributed by atoms with Crippen LogP contribution in [0.2, 0.25) is 0 Å². The Labute approximate surface area is 103 Å². The number of benzene rings is 1. The van der Waals surface area contributed by atoms with Crippen LogP contribution in [0.4, 0.5) is 0 Å². The fraction of sp³-hybridized carbons (Fsp3) is 0. The van der Waals surface area contributed by atoms with Gasteiger partial charge in [0.15, 0.2) is 0 Å². The minimum Gasteiger partial charge on any atom is -0.478 e. The highest BCUT2D eigenvalue weighted by Gasteiger charge is 2.12. The van der Waals surface area contributed by atoms with E-state index in [1.165, 1.54) is 11.3 Å². The Morgan fingerprint density at radius 3 is 2.86 bits per heavy atom. The number of carboxylic acids is 1. The summed E-state index contributed by atoms with van der Waals surface area (Å²) < 4.78 is 2.69. The molecule has 0 saturated carbocycles. The Balaban J connectivity index is 2.80. The standard InChI is InChI=1S/C9H5IO2S2/c10-7-5(9(11)12)2-1-4-3-6(13)14-8(4)7/h1-3,13H,(H,11,12). The molecule has 2 aromatic rings. The average molecular weight is 336 g/mol. The van der Waals surface area contributed by atoms with Crippen molar-refractivity contribution in [3.63, 3.8) is 0 Å². The topological polar surface area (TPSA) is 37.3 Å². The predicted octanol–water partition coefficient (Wildman–Crippen LogP) is 3.49. The van der Waals surface area contributed by atoms with Crippen molar-refractivity contribution in [2.75, 3.05) is 0 Å². The first-order chi connectivity index (χ1) is 6.59.